The molecule has 4 heteroatoms. The van der Waals surface area contributed by atoms with Crippen LogP contribution in [0.5, 0.6) is 0 Å². The van der Waals surface area contributed by atoms with Crippen molar-refractivity contribution in [2.24, 2.45) is 0 Å². The molecular formula is C14H19NO2S. The van der Waals surface area contributed by atoms with E-state index in [9.17, 15) is 8.42 Å². The molecule has 0 aromatic heterocycles. The number of hydrogen-bond donors (Lipinski definition) is 0. The number of fused-ring (bicyclic) bond motifs is 1. The fourth-order valence-electron chi connectivity index (χ4n) is 2.07. The molecule has 98 valence electrons. The summed E-state index contributed by atoms with van der Waals surface area (Å²) in [6, 6.07) is 5.61. The quantitative estimate of drug-likeness (QED) is 0.823. The van der Waals surface area contributed by atoms with Crippen LogP contribution in [0.1, 0.15) is 44.7 Å². The van der Waals surface area contributed by atoms with Crippen molar-refractivity contribution in [1.29, 1.82) is 0 Å². The fraction of sp³-hybridized carbons (Fsp3) is 0.429. The molecule has 0 atom stereocenters. The van der Waals surface area contributed by atoms with E-state index in [1.807, 2.05) is 32.1 Å². The molecule has 0 saturated heterocycles. The lowest BCUT2D eigenvalue weighted by Crippen LogP contribution is -2.34. The van der Waals surface area contributed by atoms with Crippen LogP contribution in [0.3, 0.4) is 0 Å². The Balaban J connectivity index is 2.61. The van der Waals surface area contributed by atoms with Crippen molar-refractivity contribution in [2.45, 2.75) is 44.6 Å². The van der Waals surface area contributed by atoms with Gasteiger partial charge in [0.05, 0.1) is 4.90 Å². The summed E-state index contributed by atoms with van der Waals surface area (Å²) < 4.78 is 26.4. The molecule has 1 heterocycles. The van der Waals surface area contributed by atoms with Crippen molar-refractivity contribution in [1.82, 2.24) is 4.31 Å². The first-order valence-electron chi connectivity index (χ1n) is 6.19. The van der Waals surface area contributed by atoms with E-state index in [0.29, 0.717) is 10.8 Å². The first-order chi connectivity index (χ1) is 8.34. The number of benzene rings is 1. The maximum Gasteiger partial charge on any atom is 0.264 e. The summed E-state index contributed by atoms with van der Waals surface area (Å²) in [4.78, 5) is 0.421. The highest BCUT2D eigenvalue weighted by atomic mass is 32.2. The number of sulfonamides is 1. The van der Waals surface area contributed by atoms with Gasteiger partial charge in [-0.1, -0.05) is 26.0 Å². The minimum atomic E-state index is -3.39. The average molecular weight is 265 g/mol. The van der Waals surface area contributed by atoms with Crippen LogP contribution in [0, 0.1) is 0 Å². The van der Waals surface area contributed by atoms with E-state index >= 15 is 0 Å². The molecule has 0 saturated carbocycles. The van der Waals surface area contributed by atoms with Crippen LogP contribution >= 0.6 is 0 Å². The molecule has 0 bridgehead atoms. The van der Waals surface area contributed by atoms with Gasteiger partial charge in [-0.25, -0.2) is 8.42 Å². The average Bonchev–Trinajstić information content (AvgIpc) is 2.27. The zero-order valence-corrected chi connectivity index (χ0v) is 12.0. The predicted octanol–water partition coefficient (Wildman–Crippen LogP) is 3.19. The smallest absolute Gasteiger partial charge is 0.264 e. The van der Waals surface area contributed by atoms with Gasteiger partial charge in [-0.15, -0.1) is 0 Å². The second-order valence-electron chi connectivity index (χ2n) is 5.20. The Kier molecular flexibility index (Phi) is 3.23. The third-order valence-corrected chi connectivity index (χ3v) is 5.18. The highest BCUT2D eigenvalue weighted by molar-refractivity contribution is 7.89. The summed E-state index contributed by atoms with van der Waals surface area (Å²) in [6.07, 6.45) is 3.51. The number of hydrogen-bond acceptors (Lipinski definition) is 2. The topological polar surface area (TPSA) is 37.4 Å². The summed E-state index contributed by atoms with van der Waals surface area (Å²) in [5.74, 6) is 0.323. The molecule has 0 N–H and O–H groups in total. The first kappa shape index (κ1) is 13.1. The normalized spacial score (nSPS) is 17.3. The Hall–Kier alpha value is -1.29. The molecule has 0 fully saturated rings. The maximum atomic E-state index is 12.5. The van der Waals surface area contributed by atoms with Crippen LogP contribution in [0.2, 0.25) is 0 Å². The van der Waals surface area contributed by atoms with Gasteiger partial charge in [0, 0.05) is 12.2 Å². The number of nitrogens with zero attached hydrogens (tertiary/aromatic N) is 1. The van der Waals surface area contributed by atoms with E-state index in [1.165, 1.54) is 4.31 Å². The van der Waals surface area contributed by atoms with Crippen molar-refractivity contribution >= 4 is 16.1 Å². The minimum absolute atomic E-state index is 0.0675. The Morgan fingerprint density at radius 2 is 1.78 bits per heavy atom. The standard InChI is InChI=1S/C14H19NO2S/c1-10(2)13-6-5-12-7-8-15(11(3)4)18(16,17)14(12)9-13/h5-11H,1-4H3. The van der Waals surface area contributed by atoms with Crippen LogP contribution in [0.4, 0.5) is 0 Å². The molecule has 0 aliphatic carbocycles. The summed E-state index contributed by atoms with van der Waals surface area (Å²) >= 11 is 0. The van der Waals surface area contributed by atoms with Gasteiger partial charge >= 0.3 is 0 Å². The van der Waals surface area contributed by atoms with Crippen LogP contribution in [-0.2, 0) is 10.0 Å². The van der Waals surface area contributed by atoms with Crippen LogP contribution in [0.25, 0.3) is 6.08 Å². The van der Waals surface area contributed by atoms with Gasteiger partial charge in [-0.05, 0) is 43.0 Å². The molecule has 0 unspecified atom stereocenters. The van der Waals surface area contributed by atoms with Gasteiger partial charge in [0.25, 0.3) is 10.0 Å². The molecule has 1 aliphatic heterocycles. The van der Waals surface area contributed by atoms with E-state index in [1.54, 1.807) is 12.3 Å². The monoisotopic (exact) mass is 265 g/mol. The SMILES string of the molecule is CC(C)c1ccc2c(c1)S(=O)(=O)N(C(C)C)C=C2. The molecule has 1 aromatic carbocycles. The van der Waals surface area contributed by atoms with E-state index in [4.69, 9.17) is 0 Å². The third-order valence-electron chi connectivity index (χ3n) is 3.17. The zero-order chi connectivity index (χ0) is 13.5. The second-order valence-corrected chi connectivity index (χ2v) is 7.01. The van der Waals surface area contributed by atoms with Gasteiger partial charge < -0.3 is 0 Å². The molecule has 0 radical (unpaired) electrons. The fourth-order valence-corrected chi connectivity index (χ4v) is 3.79. The highest BCUT2D eigenvalue weighted by Gasteiger charge is 2.29. The molecule has 1 aromatic rings. The Morgan fingerprint density at radius 3 is 2.33 bits per heavy atom. The largest absolute Gasteiger partial charge is 0.271 e. The summed E-state index contributed by atoms with van der Waals surface area (Å²) in [7, 11) is -3.39. The molecule has 2 rings (SSSR count). The van der Waals surface area contributed by atoms with Gasteiger partial charge in [0.2, 0.25) is 0 Å². The van der Waals surface area contributed by atoms with E-state index in [0.717, 1.165) is 11.1 Å². The lowest BCUT2D eigenvalue weighted by atomic mass is 10.0. The molecule has 18 heavy (non-hydrogen) atoms. The van der Waals surface area contributed by atoms with Crippen molar-refractivity contribution < 1.29 is 8.42 Å². The van der Waals surface area contributed by atoms with E-state index in [2.05, 4.69) is 13.8 Å². The Morgan fingerprint density at radius 1 is 1.11 bits per heavy atom. The molecule has 0 amide bonds. The Labute approximate surface area is 109 Å². The van der Waals surface area contributed by atoms with Crippen molar-refractivity contribution in [3.05, 3.63) is 35.5 Å². The second kappa shape index (κ2) is 4.43. The van der Waals surface area contributed by atoms with Gasteiger partial charge in [0.1, 0.15) is 0 Å². The third kappa shape index (κ3) is 2.05. The maximum absolute atomic E-state index is 12.5. The van der Waals surface area contributed by atoms with Crippen molar-refractivity contribution in [3.8, 4) is 0 Å². The summed E-state index contributed by atoms with van der Waals surface area (Å²) in [5, 5.41) is 0. The first-order valence-corrected chi connectivity index (χ1v) is 7.63. The zero-order valence-electron chi connectivity index (χ0n) is 11.2. The van der Waals surface area contributed by atoms with Crippen LogP contribution in [0.15, 0.2) is 29.3 Å². The van der Waals surface area contributed by atoms with Crippen molar-refractivity contribution in [2.75, 3.05) is 0 Å². The molecular weight excluding hydrogens is 246 g/mol. The van der Waals surface area contributed by atoms with E-state index in [-0.39, 0.29) is 6.04 Å². The lowest BCUT2D eigenvalue weighted by Gasteiger charge is -2.28. The predicted molar refractivity (Wildman–Crippen MR) is 73.7 cm³/mol. The van der Waals surface area contributed by atoms with Crippen molar-refractivity contribution in [3.63, 3.8) is 0 Å². The molecule has 3 nitrogen and oxygen atoms in total. The van der Waals surface area contributed by atoms with Gasteiger partial charge in [0.15, 0.2) is 0 Å². The number of rotatable bonds is 2. The van der Waals surface area contributed by atoms with Crippen LogP contribution < -0.4 is 0 Å². The van der Waals surface area contributed by atoms with E-state index < -0.39 is 10.0 Å². The summed E-state index contributed by atoms with van der Waals surface area (Å²) in [5.41, 5.74) is 1.83. The molecule has 0 spiro atoms. The Bertz CT molecular complexity index is 586. The molecule has 1 aliphatic rings. The van der Waals surface area contributed by atoms with Gasteiger partial charge in [-0.2, -0.15) is 0 Å². The van der Waals surface area contributed by atoms with Gasteiger partial charge in [-0.3, -0.25) is 4.31 Å². The summed E-state index contributed by atoms with van der Waals surface area (Å²) in [6.45, 7) is 7.87. The lowest BCUT2D eigenvalue weighted by molar-refractivity contribution is 0.441. The minimum Gasteiger partial charge on any atom is -0.271 e. The van der Waals surface area contributed by atoms with Crippen LogP contribution in [-0.4, -0.2) is 18.8 Å². The highest BCUT2D eigenvalue weighted by Crippen LogP contribution is 2.30.